The van der Waals surface area contributed by atoms with E-state index in [2.05, 4.69) is 34.6 Å². The third-order valence-corrected chi connectivity index (χ3v) is 22.4. The summed E-state index contributed by atoms with van der Waals surface area (Å²) in [5.41, 5.74) is 0. The van der Waals surface area contributed by atoms with Crippen molar-refractivity contribution in [3.05, 3.63) is 0 Å². The average Bonchev–Trinajstić information content (AvgIpc) is 0.904. The van der Waals surface area contributed by atoms with Gasteiger partial charge in [0.05, 0.1) is 26.4 Å². The molecule has 0 aromatic carbocycles. The molecule has 0 aliphatic rings. The molecule has 0 fully saturated rings. The highest BCUT2D eigenvalue weighted by Crippen LogP contribution is 2.45. The lowest BCUT2D eigenvalue weighted by molar-refractivity contribution is -0.161. The predicted molar refractivity (Wildman–Crippen MR) is 437 cm³/mol. The molecule has 0 radical (unpaired) electrons. The molecule has 630 valence electrons. The van der Waals surface area contributed by atoms with E-state index in [9.17, 15) is 43.2 Å². The Morgan fingerprint density at radius 3 is 0.642 bits per heavy atom. The van der Waals surface area contributed by atoms with Crippen molar-refractivity contribution in [1.82, 2.24) is 0 Å². The highest BCUT2D eigenvalue weighted by atomic mass is 31.2. The lowest BCUT2D eigenvalue weighted by Crippen LogP contribution is -2.30. The molecule has 0 bridgehead atoms. The summed E-state index contributed by atoms with van der Waals surface area (Å²) >= 11 is 0. The molecule has 0 saturated carbocycles. The number of unbranched alkanes of at least 4 members (excludes halogenated alkanes) is 59. The molecule has 17 nitrogen and oxygen atoms in total. The van der Waals surface area contributed by atoms with E-state index < -0.39 is 97.5 Å². The molecule has 2 unspecified atom stereocenters. The molecule has 0 rings (SSSR count). The molecule has 106 heavy (non-hydrogen) atoms. The first-order chi connectivity index (χ1) is 51.5. The summed E-state index contributed by atoms with van der Waals surface area (Å²) < 4.78 is 68.8. The van der Waals surface area contributed by atoms with Gasteiger partial charge in [0.25, 0.3) is 0 Å². The molecule has 0 aromatic rings. The normalized spacial score (nSPS) is 13.7. The summed E-state index contributed by atoms with van der Waals surface area (Å²) in [6, 6.07) is 0. The first-order valence-corrected chi connectivity index (χ1v) is 48.1. The van der Waals surface area contributed by atoms with Crippen LogP contribution in [0.2, 0.25) is 0 Å². The molecular weight excluding hydrogens is 1380 g/mol. The zero-order valence-corrected chi connectivity index (χ0v) is 71.4. The zero-order chi connectivity index (χ0) is 77.6. The minimum Gasteiger partial charge on any atom is -0.462 e. The van der Waals surface area contributed by atoms with Crippen LogP contribution in [0, 0.1) is 5.92 Å². The van der Waals surface area contributed by atoms with Crippen LogP contribution in [0.1, 0.15) is 471 Å². The summed E-state index contributed by atoms with van der Waals surface area (Å²) in [4.78, 5) is 73.1. The largest absolute Gasteiger partial charge is 0.472 e. The Morgan fingerprint density at radius 2 is 0.434 bits per heavy atom. The second-order valence-electron chi connectivity index (χ2n) is 31.8. The number of carbonyl (C=O) groups excluding carboxylic acids is 4. The van der Waals surface area contributed by atoms with E-state index in [0.717, 1.165) is 102 Å². The van der Waals surface area contributed by atoms with E-state index in [0.29, 0.717) is 25.7 Å². The number of hydrogen-bond acceptors (Lipinski definition) is 15. The smallest absolute Gasteiger partial charge is 0.462 e. The van der Waals surface area contributed by atoms with E-state index in [4.69, 9.17) is 37.0 Å². The van der Waals surface area contributed by atoms with Gasteiger partial charge in [0.2, 0.25) is 0 Å². The van der Waals surface area contributed by atoms with Gasteiger partial charge in [-0.25, -0.2) is 9.13 Å². The highest BCUT2D eigenvalue weighted by Gasteiger charge is 2.30. The summed E-state index contributed by atoms with van der Waals surface area (Å²) in [5.74, 6) is -1.32. The number of phosphoric acid groups is 2. The number of ether oxygens (including phenoxy) is 4. The van der Waals surface area contributed by atoms with Crippen molar-refractivity contribution in [1.29, 1.82) is 0 Å². The van der Waals surface area contributed by atoms with Crippen LogP contribution in [0.5, 0.6) is 0 Å². The maximum Gasteiger partial charge on any atom is 0.472 e. The van der Waals surface area contributed by atoms with E-state index in [1.807, 2.05) is 0 Å². The van der Waals surface area contributed by atoms with Crippen LogP contribution in [0.15, 0.2) is 0 Å². The topological polar surface area (TPSA) is 237 Å². The Hall–Kier alpha value is -1.94. The lowest BCUT2D eigenvalue weighted by atomic mass is 10.0. The van der Waals surface area contributed by atoms with Gasteiger partial charge in [0.1, 0.15) is 19.3 Å². The van der Waals surface area contributed by atoms with Gasteiger partial charge in [-0.15, -0.1) is 0 Å². The van der Waals surface area contributed by atoms with E-state index in [1.54, 1.807) is 0 Å². The molecule has 5 atom stereocenters. The van der Waals surface area contributed by atoms with E-state index in [-0.39, 0.29) is 25.7 Å². The van der Waals surface area contributed by atoms with Crippen LogP contribution in [0.25, 0.3) is 0 Å². The van der Waals surface area contributed by atoms with Crippen LogP contribution >= 0.6 is 15.6 Å². The monoisotopic (exact) mass is 1550 g/mol. The Morgan fingerprint density at radius 1 is 0.255 bits per heavy atom. The second-order valence-corrected chi connectivity index (χ2v) is 34.7. The molecule has 0 spiro atoms. The fraction of sp³-hybridized carbons (Fsp3) is 0.954. The Kier molecular flexibility index (Phi) is 78.2. The molecule has 19 heteroatoms. The highest BCUT2D eigenvalue weighted by molar-refractivity contribution is 7.47. The quantitative estimate of drug-likeness (QED) is 0.0222. The minimum atomic E-state index is -4.97. The molecule has 0 aliphatic heterocycles. The molecule has 0 amide bonds. The first kappa shape index (κ1) is 104. The molecular formula is C87H170O17P2. The van der Waals surface area contributed by atoms with Crippen molar-refractivity contribution in [2.45, 2.75) is 490 Å². The summed E-state index contributed by atoms with van der Waals surface area (Å²) in [5, 5.41) is 10.7. The third kappa shape index (κ3) is 80.1. The SMILES string of the molecule is CCCCCCCCCCCCCCCCCCCCCCCC(=O)OC[C@H](COP(=O)(O)OC[C@@H](O)COP(=O)(O)OC[C@@H](COC(=O)CCCCCCCCCC)OC(=O)CCCCCCCCCCCCCCCC(C)C)OC(=O)CCCCCCCCCCCCCCCCCCCCCCC. The first-order valence-electron chi connectivity index (χ1n) is 45.1. The lowest BCUT2D eigenvalue weighted by Gasteiger charge is -2.21. The van der Waals surface area contributed by atoms with Gasteiger partial charge < -0.3 is 33.8 Å². The number of aliphatic hydroxyl groups excluding tert-OH is 1. The van der Waals surface area contributed by atoms with E-state index >= 15 is 0 Å². The Balaban J connectivity index is 5.17. The maximum absolute atomic E-state index is 13.1. The van der Waals surface area contributed by atoms with Crippen LogP contribution in [0.4, 0.5) is 0 Å². The van der Waals surface area contributed by atoms with Crippen molar-refractivity contribution in [3.8, 4) is 0 Å². The van der Waals surface area contributed by atoms with Crippen LogP contribution in [-0.2, 0) is 65.4 Å². The summed E-state index contributed by atoms with van der Waals surface area (Å²) in [7, 11) is -9.92. The Bertz CT molecular complexity index is 2010. The van der Waals surface area contributed by atoms with Crippen molar-refractivity contribution in [3.63, 3.8) is 0 Å². The number of carbonyl (C=O) groups is 4. The summed E-state index contributed by atoms with van der Waals surface area (Å²) in [6.07, 6.45) is 73.9. The molecule has 0 aliphatic carbocycles. The van der Waals surface area contributed by atoms with Crippen LogP contribution < -0.4 is 0 Å². The van der Waals surface area contributed by atoms with Gasteiger partial charge in [-0.2, -0.15) is 0 Å². The van der Waals surface area contributed by atoms with Gasteiger partial charge in [-0.3, -0.25) is 37.3 Å². The number of phosphoric ester groups is 2. The van der Waals surface area contributed by atoms with Gasteiger partial charge in [0.15, 0.2) is 12.2 Å². The molecule has 0 saturated heterocycles. The fourth-order valence-electron chi connectivity index (χ4n) is 13.6. The van der Waals surface area contributed by atoms with Gasteiger partial charge in [0, 0.05) is 25.7 Å². The standard InChI is InChI=1S/C87H170O17P2/c1-6-9-12-15-18-21-23-25-27-29-31-33-35-37-39-43-47-51-56-61-66-71-85(90)98-77-83(104-87(92)72-67-62-57-52-48-44-40-38-36-34-32-30-28-26-24-22-19-16-13-10-7-2)79-102-106(95,96)100-75-81(88)74-99-105(93,94)101-78-82(76-97-84(89)70-65-60-55-20-17-14-11-8-3)103-86(91)73-68-63-58-53-49-45-41-42-46-50-54-59-64-69-80(4)5/h80-83,88H,6-79H2,1-5H3,(H,93,94)(H,95,96)/t81-,82+,83+/m0/s1. The molecule has 3 N–H and O–H groups in total. The van der Waals surface area contributed by atoms with Gasteiger partial charge in [-0.1, -0.05) is 420 Å². The zero-order valence-electron chi connectivity index (χ0n) is 69.6. The minimum absolute atomic E-state index is 0.108. The van der Waals surface area contributed by atoms with Crippen molar-refractivity contribution >= 4 is 39.5 Å². The maximum atomic E-state index is 13.1. The second kappa shape index (κ2) is 79.7. The van der Waals surface area contributed by atoms with E-state index in [1.165, 1.54) is 289 Å². The number of aliphatic hydroxyl groups is 1. The molecule has 0 aromatic heterocycles. The summed E-state index contributed by atoms with van der Waals surface area (Å²) in [6.45, 7) is 7.35. The fourth-order valence-corrected chi connectivity index (χ4v) is 15.2. The van der Waals surface area contributed by atoms with Gasteiger partial charge >= 0.3 is 39.5 Å². The number of hydrogen-bond donors (Lipinski definition) is 3. The van der Waals surface area contributed by atoms with Crippen molar-refractivity contribution in [2.75, 3.05) is 39.6 Å². The third-order valence-electron chi connectivity index (χ3n) is 20.5. The van der Waals surface area contributed by atoms with Gasteiger partial charge in [-0.05, 0) is 31.6 Å². The number of esters is 4. The number of rotatable bonds is 87. The Labute approximate surface area is 651 Å². The van der Waals surface area contributed by atoms with Crippen LogP contribution in [-0.4, -0.2) is 96.7 Å². The van der Waals surface area contributed by atoms with Crippen LogP contribution in [0.3, 0.4) is 0 Å². The van der Waals surface area contributed by atoms with Crippen molar-refractivity contribution < 1.29 is 80.2 Å². The molecule has 0 heterocycles. The average molecular weight is 1550 g/mol. The predicted octanol–water partition coefficient (Wildman–Crippen LogP) is 26.8. The van der Waals surface area contributed by atoms with Crippen molar-refractivity contribution in [2.24, 2.45) is 5.92 Å².